The molecule has 1 atom stereocenters. The summed E-state index contributed by atoms with van der Waals surface area (Å²) in [7, 11) is 0. The molecule has 0 saturated heterocycles. The number of carbonyl (C=O) groups is 1. The van der Waals surface area contributed by atoms with Crippen molar-refractivity contribution < 1.29 is 19.6 Å². The second kappa shape index (κ2) is 2.67. The van der Waals surface area contributed by atoms with E-state index in [2.05, 4.69) is 0 Å². The lowest BCUT2D eigenvalue weighted by molar-refractivity contribution is -0.589. The van der Waals surface area contributed by atoms with Crippen molar-refractivity contribution in [3.05, 3.63) is 36.4 Å². The van der Waals surface area contributed by atoms with Crippen molar-refractivity contribution in [3.63, 3.8) is 0 Å². The molecular formula is C9H8NO3+. The predicted octanol–water partition coefficient (Wildman–Crippen LogP) is -0.356. The summed E-state index contributed by atoms with van der Waals surface area (Å²) in [4.78, 5) is 10.8. The van der Waals surface area contributed by atoms with Crippen molar-refractivity contribution in [1.29, 1.82) is 0 Å². The van der Waals surface area contributed by atoms with Crippen LogP contribution in [0.4, 0.5) is 0 Å². The molecule has 1 aromatic rings. The summed E-state index contributed by atoms with van der Waals surface area (Å²) in [6, 6.07) is 5.30. The quantitative estimate of drug-likeness (QED) is 0.577. The van der Waals surface area contributed by atoms with E-state index >= 15 is 0 Å². The Kier molecular flexibility index (Phi) is 1.63. The van der Waals surface area contributed by atoms with Gasteiger partial charge in [0.25, 0.3) is 5.70 Å². The molecule has 1 heterocycles. The van der Waals surface area contributed by atoms with Crippen LogP contribution in [0.5, 0.6) is 0 Å². The van der Waals surface area contributed by atoms with E-state index in [1.165, 1.54) is 4.57 Å². The van der Waals surface area contributed by atoms with E-state index < -0.39 is 11.9 Å². The smallest absolute Gasteiger partial charge is 0.269 e. The van der Waals surface area contributed by atoms with Gasteiger partial charge in [-0.1, -0.05) is 6.07 Å². The zero-order valence-electron chi connectivity index (χ0n) is 6.71. The number of rotatable bonds is 1. The van der Waals surface area contributed by atoms with Crippen molar-refractivity contribution in [2.24, 2.45) is 0 Å². The molecule has 0 fully saturated rings. The number of aliphatic hydroxyl groups is 2. The van der Waals surface area contributed by atoms with E-state index in [-0.39, 0.29) is 11.5 Å². The molecule has 0 aliphatic heterocycles. The minimum absolute atomic E-state index is 0.241. The lowest BCUT2D eigenvalue weighted by Crippen LogP contribution is -2.49. The Morgan fingerprint density at radius 1 is 1.23 bits per heavy atom. The third kappa shape index (κ3) is 1.03. The Morgan fingerprint density at radius 3 is 2.38 bits per heavy atom. The standard InChI is InChI=1S/C9H7NO3/c11-7-6(8(12)9(7)13)10-4-2-1-3-5-10/h1-5,7,11H/p+1. The molecule has 0 saturated carbocycles. The van der Waals surface area contributed by atoms with Gasteiger partial charge in [0.2, 0.25) is 17.6 Å². The first kappa shape index (κ1) is 7.94. The summed E-state index contributed by atoms with van der Waals surface area (Å²) in [5, 5.41) is 18.4. The van der Waals surface area contributed by atoms with Gasteiger partial charge in [0.05, 0.1) is 0 Å². The van der Waals surface area contributed by atoms with Crippen LogP contribution in [0.15, 0.2) is 36.4 Å². The summed E-state index contributed by atoms with van der Waals surface area (Å²) >= 11 is 0. The molecule has 2 N–H and O–H groups in total. The number of hydrogen-bond acceptors (Lipinski definition) is 3. The molecule has 1 aliphatic carbocycles. The maximum Gasteiger partial charge on any atom is 0.269 e. The largest absolute Gasteiger partial charge is 0.500 e. The highest BCUT2D eigenvalue weighted by Crippen LogP contribution is 2.21. The Hall–Kier alpha value is -1.68. The van der Waals surface area contributed by atoms with E-state index in [4.69, 9.17) is 5.11 Å². The third-order valence-corrected chi connectivity index (χ3v) is 1.98. The molecule has 0 bridgehead atoms. The van der Waals surface area contributed by atoms with Gasteiger partial charge >= 0.3 is 0 Å². The number of nitrogens with zero attached hydrogens (tertiary/aromatic N) is 1. The van der Waals surface area contributed by atoms with Crippen molar-refractivity contribution in [3.8, 4) is 0 Å². The number of pyridine rings is 1. The summed E-state index contributed by atoms with van der Waals surface area (Å²) in [5.74, 6) is -0.977. The number of ketones is 1. The first-order chi connectivity index (χ1) is 6.22. The van der Waals surface area contributed by atoms with Gasteiger partial charge < -0.3 is 10.2 Å². The summed E-state index contributed by atoms with van der Waals surface area (Å²) < 4.78 is 1.52. The third-order valence-electron chi connectivity index (χ3n) is 1.98. The van der Waals surface area contributed by atoms with Crippen LogP contribution in [0.25, 0.3) is 5.70 Å². The van der Waals surface area contributed by atoms with E-state index in [0.717, 1.165) is 0 Å². The van der Waals surface area contributed by atoms with Crippen molar-refractivity contribution in [2.75, 3.05) is 0 Å². The fourth-order valence-corrected chi connectivity index (χ4v) is 1.25. The van der Waals surface area contributed by atoms with Gasteiger partial charge in [-0.25, -0.2) is 0 Å². The van der Waals surface area contributed by atoms with Gasteiger partial charge in [0.15, 0.2) is 12.4 Å². The first-order valence-electron chi connectivity index (χ1n) is 3.84. The normalized spacial score (nSPS) is 21.6. The molecule has 1 aliphatic rings. The van der Waals surface area contributed by atoms with E-state index in [0.29, 0.717) is 0 Å². The molecule has 1 aromatic heterocycles. The molecule has 2 rings (SSSR count). The number of carbonyl (C=O) groups excluding carboxylic acids is 1. The van der Waals surface area contributed by atoms with Gasteiger partial charge in [0, 0.05) is 12.1 Å². The van der Waals surface area contributed by atoms with Gasteiger partial charge in [-0.05, 0) is 0 Å². The lowest BCUT2D eigenvalue weighted by atomic mass is 9.97. The minimum atomic E-state index is -1.19. The lowest BCUT2D eigenvalue weighted by Gasteiger charge is -2.17. The van der Waals surface area contributed by atoms with Gasteiger partial charge in [0.1, 0.15) is 0 Å². The maximum atomic E-state index is 10.8. The Balaban J connectivity index is 2.45. The van der Waals surface area contributed by atoms with E-state index in [1.807, 2.05) is 0 Å². The molecule has 13 heavy (non-hydrogen) atoms. The van der Waals surface area contributed by atoms with Crippen molar-refractivity contribution >= 4 is 11.5 Å². The summed E-state index contributed by atoms with van der Waals surface area (Å²) in [6.45, 7) is 0. The van der Waals surface area contributed by atoms with E-state index in [9.17, 15) is 9.90 Å². The Bertz CT molecular complexity index is 383. The highest BCUT2D eigenvalue weighted by atomic mass is 16.3. The zero-order valence-corrected chi connectivity index (χ0v) is 6.71. The topological polar surface area (TPSA) is 61.4 Å². The predicted molar refractivity (Wildman–Crippen MR) is 43.5 cm³/mol. The molecule has 66 valence electrons. The average molecular weight is 178 g/mol. The van der Waals surface area contributed by atoms with Crippen LogP contribution in [-0.2, 0) is 4.79 Å². The summed E-state index contributed by atoms with van der Waals surface area (Å²) in [6.07, 6.45) is 2.12. The highest BCUT2D eigenvalue weighted by Gasteiger charge is 2.45. The van der Waals surface area contributed by atoms with Crippen LogP contribution in [0, 0.1) is 0 Å². The summed E-state index contributed by atoms with van der Waals surface area (Å²) in [5.41, 5.74) is 0.241. The molecular weight excluding hydrogens is 170 g/mol. The maximum absolute atomic E-state index is 10.8. The van der Waals surface area contributed by atoms with Crippen LogP contribution in [-0.4, -0.2) is 22.1 Å². The molecule has 0 radical (unpaired) electrons. The fourth-order valence-electron chi connectivity index (χ4n) is 1.25. The van der Waals surface area contributed by atoms with Gasteiger partial charge in [-0.15, -0.1) is 0 Å². The van der Waals surface area contributed by atoms with Crippen LogP contribution < -0.4 is 4.57 Å². The molecule has 4 heteroatoms. The van der Waals surface area contributed by atoms with Gasteiger partial charge in [-0.3, -0.25) is 4.79 Å². The zero-order chi connectivity index (χ0) is 9.42. The number of aromatic nitrogens is 1. The fraction of sp³-hybridized carbons (Fsp3) is 0.111. The average Bonchev–Trinajstić information content (AvgIpc) is 2.19. The minimum Gasteiger partial charge on any atom is -0.500 e. The van der Waals surface area contributed by atoms with Crippen LogP contribution in [0.1, 0.15) is 0 Å². The van der Waals surface area contributed by atoms with E-state index in [1.54, 1.807) is 30.6 Å². The number of aliphatic hydroxyl groups excluding tert-OH is 2. The molecule has 1 unspecified atom stereocenters. The molecule has 0 aromatic carbocycles. The number of hydrogen-bond donors (Lipinski definition) is 2. The number of Topliss-reactive ketones (excluding diaryl/α,β-unsaturated/α-hetero) is 1. The Morgan fingerprint density at radius 2 is 1.85 bits per heavy atom. The molecule has 0 amide bonds. The first-order valence-corrected chi connectivity index (χ1v) is 3.84. The van der Waals surface area contributed by atoms with Crippen LogP contribution in [0.3, 0.4) is 0 Å². The highest BCUT2D eigenvalue weighted by molar-refractivity contribution is 6.13. The van der Waals surface area contributed by atoms with Crippen LogP contribution >= 0.6 is 0 Å². The monoisotopic (exact) mass is 178 g/mol. The molecule has 0 spiro atoms. The SMILES string of the molecule is O=C1C(O)=C([n+]2ccccc2)C1O. The second-order valence-electron chi connectivity index (χ2n) is 2.78. The second-order valence-corrected chi connectivity index (χ2v) is 2.78. The van der Waals surface area contributed by atoms with Crippen LogP contribution in [0.2, 0.25) is 0 Å². The Labute approximate surface area is 74.4 Å². The van der Waals surface area contributed by atoms with Crippen molar-refractivity contribution in [2.45, 2.75) is 6.10 Å². The van der Waals surface area contributed by atoms with Gasteiger partial charge in [-0.2, -0.15) is 4.57 Å². The molecule has 4 nitrogen and oxygen atoms in total. The van der Waals surface area contributed by atoms with Crippen molar-refractivity contribution in [1.82, 2.24) is 0 Å².